The molecule has 0 aliphatic heterocycles. The van der Waals surface area contributed by atoms with Gasteiger partial charge in [0.05, 0.1) is 17.2 Å². The molecule has 1 N–H and O–H groups in total. The minimum Gasteiger partial charge on any atom is -0.490 e. The lowest BCUT2D eigenvalue weighted by Gasteiger charge is -2.16. The summed E-state index contributed by atoms with van der Waals surface area (Å²) in [6, 6.07) is 12.5. The highest BCUT2D eigenvalue weighted by Crippen LogP contribution is 2.37. The normalized spacial score (nSPS) is 11.1. The first-order chi connectivity index (χ1) is 13.5. The Balaban J connectivity index is 1.95. The van der Waals surface area contributed by atoms with Gasteiger partial charge in [-0.3, -0.25) is 0 Å². The molecule has 0 aliphatic rings. The van der Waals surface area contributed by atoms with Crippen LogP contribution in [0, 0.1) is 6.92 Å². The summed E-state index contributed by atoms with van der Waals surface area (Å²) < 4.78 is 18.4. The third-order valence-corrected chi connectivity index (χ3v) is 4.74. The van der Waals surface area contributed by atoms with Gasteiger partial charge in [0, 0.05) is 13.2 Å². The van der Waals surface area contributed by atoms with Gasteiger partial charge in [0.1, 0.15) is 6.61 Å². The van der Waals surface area contributed by atoms with E-state index in [9.17, 15) is 0 Å². The Kier molecular flexibility index (Phi) is 9.82. The Morgan fingerprint density at radius 2 is 1.79 bits per heavy atom. The first-order valence-electron chi connectivity index (χ1n) is 9.95. The zero-order chi connectivity index (χ0) is 20.4. The molecule has 0 aliphatic carbocycles. The van der Waals surface area contributed by atoms with Crippen LogP contribution >= 0.6 is 15.9 Å². The van der Waals surface area contributed by atoms with Crippen LogP contribution in [-0.4, -0.2) is 25.9 Å². The third-order valence-electron chi connectivity index (χ3n) is 4.15. The molecule has 28 heavy (non-hydrogen) atoms. The van der Waals surface area contributed by atoms with Crippen LogP contribution in [0.2, 0.25) is 0 Å². The van der Waals surface area contributed by atoms with Crippen molar-refractivity contribution in [3.05, 3.63) is 57.6 Å². The SMILES string of the molecule is CCOc1cc(CNCCCOC(C)C)cc(Br)c1OCc1ccc(C)cc1. The largest absolute Gasteiger partial charge is 0.490 e. The van der Waals surface area contributed by atoms with E-state index in [1.54, 1.807) is 0 Å². The van der Waals surface area contributed by atoms with Gasteiger partial charge in [-0.15, -0.1) is 0 Å². The van der Waals surface area contributed by atoms with Gasteiger partial charge >= 0.3 is 0 Å². The molecule has 2 aromatic carbocycles. The van der Waals surface area contributed by atoms with Crippen molar-refractivity contribution in [2.24, 2.45) is 0 Å². The second-order valence-electron chi connectivity index (χ2n) is 7.06. The highest BCUT2D eigenvalue weighted by atomic mass is 79.9. The van der Waals surface area contributed by atoms with Crippen molar-refractivity contribution in [1.82, 2.24) is 5.32 Å². The van der Waals surface area contributed by atoms with Crippen LogP contribution in [0.5, 0.6) is 11.5 Å². The van der Waals surface area contributed by atoms with Crippen molar-refractivity contribution in [3.8, 4) is 11.5 Å². The lowest BCUT2D eigenvalue weighted by Crippen LogP contribution is -2.17. The van der Waals surface area contributed by atoms with Gasteiger partial charge in [-0.2, -0.15) is 0 Å². The van der Waals surface area contributed by atoms with Gasteiger partial charge < -0.3 is 19.5 Å². The summed E-state index contributed by atoms with van der Waals surface area (Å²) in [5, 5.41) is 3.46. The number of nitrogens with one attached hydrogen (secondary N) is 1. The molecule has 0 aromatic heterocycles. The van der Waals surface area contributed by atoms with Crippen LogP contribution in [-0.2, 0) is 17.9 Å². The highest BCUT2D eigenvalue weighted by molar-refractivity contribution is 9.10. The van der Waals surface area contributed by atoms with Gasteiger partial charge in [0.15, 0.2) is 11.5 Å². The number of rotatable bonds is 12. The molecule has 0 radical (unpaired) electrons. The summed E-state index contributed by atoms with van der Waals surface area (Å²) in [4.78, 5) is 0. The van der Waals surface area contributed by atoms with E-state index in [-0.39, 0.29) is 6.10 Å². The van der Waals surface area contributed by atoms with E-state index >= 15 is 0 Å². The maximum atomic E-state index is 6.07. The van der Waals surface area contributed by atoms with E-state index in [4.69, 9.17) is 14.2 Å². The number of ether oxygens (including phenoxy) is 3. The molecule has 0 saturated heterocycles. The Labute approximate surface area is 177 Å². The maximum absolute atomic E-state index is 6.07. The maximum Gasteiger partial charge on any atom is 0.175 e. The summed E-state index contributed by atoms with van der Waals surface area (Å²) in [7, 11) is 0. The minimum absolute atomic E-state index is 0.289. The van der Waals surface area contributed by atoms with E-state index in [1.165, 1.54) is 5.56 Å². The molecule has 0 heterocycles. The highest BCUT2D eigenvalue weighted by Gasteiger charge is 2.12. The van der Waals surface area contributed by atoms with Crippen LogP contribution < -0.4 is 14.8 Å². The number of hydrogen-bond acceptors (Lipinski definition) is 4. The van der Waals surface area contributed by atoms with E-state index in [1.807, 2.05) is 6.92 Å². The summed E-state index contributed by atoms with van der Waals surface area (Å²) in [6.45, 7) is 11.8. The standard InChI is InChI=1S/C23H32BrNO3/c1-5-26-22-14-20(15-25-11-6-12-27-17(2)3)13-21(24)23(22)28-16-19-9-7-18(4)8-10-19/h7-10,13-14,17,25H,5-6,11-12,15-16H2,1-4H3. The predicted octanol–water partition coefficient (Wildman–Crippen LogP) is 5.64. The molecule has 4 nitrogen and oxygen atoms in total. The van der Waals surface area contributed by atoms with Crippen molar-refractivity contribution in [2.45, 2.75) is 53.4 Å². The van der Waals surface area contributed by atoms with Gasteiger partial charge in [-0.1, -0.05) is 29.8 Å². The van der Waals surface area contributed by atoms with Crippen LogP contribution in [0.1, 0.15) is 43.9 Å². The molecule has 0 atom stereocenters. The van der Waals surface area contributed by atoms with E-state index in [0.29, 0.717) is 13.2 Å². The lowest BCUT2D eigenvalue weighted by atomic mass is 10.1. The zero-order valence-corrected chi connectivity index (χ0v) is 19.0. The number of aryl methyl sites for hydroxylation is 1. The molecular formula is C23H32BrNO3. The average molecular weight is 450 g/mol. The lowest BCUT2D eigenvalue weighted by molar-refractivity contribution is 0.0770. The van der Waals surface area contributed by atoms with Crippen LogP contribution in [0.4, 0.5) is 0 Å². The number of halogens is 1. The van der Waals surface area contributed by atoms with Crippen LogP contribution in [0.25, 0.3) is 0 Å². The monoisotopic (exact) mass is 449 g/mol. The molecule has 2 aromatic rings. The Hall–Kier alpha value is -1.56. The fourth-order valence-corrected chi connectivity index (χ4v) is 3.32. The van der Waals surface area contributed by atoms with Crippen molar-refractivity contribution in [1.29, 1.82) is 0 Å². The molecule has 5 heteroatoms. The summed E-state index contributed by atoms with van der Waals surface area (Å²) in [5.74, 6) is 1.51. The van der Waals surface area contributed by atoms with Crippen LogP contribution in [0.15, 0.2) is 40.9 Å². The first kappa shape index (κ1) is 22.7. The van der Waals surface area contributed by atoms with Crippen molar-refractivity contribution < 1.29 is 14.2 Å². The molecule has 0 amide bonds. The van der Waals surface area contributed by atoms with Crippen molar-refractivity contribution in [2.75, 3.05) is 19.8 Å². The van der Waals surface area contributed by atoms with Gasteiger partial charge in [0.2, 0.25) is 0 Å². The topological polar surface area (TPSA) is 39.7 Å². The molecule has 0 fully saturated rings. The zero-order valence-electron chi connectivity index (χ0n) is 17.4. The smallest absolute Gasteiger partial charge is 0.175 e. The fourth-order valence-electron chi connectivity index (χ4n) is 2.72. The summed E-state index contributed by atoms with van der Waals surface area (Å²) in [6.07, 6.45) is 1.28. The second-order valence-corrected chi connectivity index (χ2v) is 7.92. The predicted molar refractivity (Wildman–Crippen MR) is 118 cm³/mol. The molecule has 0 bridgehead atoms. The van der Waals surface area contributed by atoms with Gasteiger partial charge in [0.25, 0.3) is 0 Å². The van der Waals surface area contributed by atoms with E-state index < -0.39 is 0 Å². The average Bonchev–Trinajstić information content (AvgIpc) is 2.65. The number of hydrogen-bond donors (Lipinski definition) is 1. The van der Waals surface area contributed by atoms with Gasteiger partial charge in [-0.25, -0.2) is 0 Å². The molecule has 0 spiro atoms. The van der Waals surface area contributed by atoms with E-state index in [2.05, 4.69) is 78.4 Å². The quantitative estimate of drug-likeness (QED) is 0.425. The van der Waals surface area contributed by atoms with Crippen molar-refractivity contribution in [3.63, 3.8) is 0 Å². The molecule has 154 valence electrons. The Morgan fingerprint density at radius 3 is 2.46 bits per heavy atom. The Bertz CT molecular complexity index is 717. The minimum atomic E-state index is 0.289. The third kappa shape index (κ3) is 7.82. The fraction of sp³-hybridized carbons (Fsp3) is 0.478. The van der Waals surface area contributed by atoms with E-state index in [0.717, 1.165) is 53.2 Å². The number of benzene rings is 2. The summed E-state index contributed by atoms with van der Waals surface area (Å²) >= 11 is 3.65. The van der Waals surface area contributed by atoms with Crippen LogP contribution in [0.3, 0.4) is 0 Å². The summed E-state index contributed by atoms with van der Waals surface area (Å²) in [5.41, 5.74) is 3.53. The molecular weight excluding hydrogens is 418 g/mol. The molecule has 2 rings (SSSR count). The molecule has 0 saturated carbocycles. The first-order valence-corrected chi connectivity index (χ1v) is 10.7. The van der Waals surface area contributed by atoms with Gasteiger partial charge in [-0.05, 0) is 79.9 Å². The molecule has 0 unspecified atom stereocenters. The second kappa shape index (κ2) is 12.1. The van der Waals surface area contributed by atoms with Crippen molar-refractivity contribution >= 4 is 15.9 Å². The Morgan fingerprint density at radius 1 is 1.04 bits per heavy atom.